The lowest BCUT2D eigenvalue weighted by Gasteiger charge is -2.26. The summed E-state index contributed by atoms with van der Waals surface area (Å²) in [6, 6.07) is 5.70. The summed E-state index contributed by atoms with van der Waals surface area (Å²) in [6.07, 6.45) is 0.911. The summed E-state index contributed by atoms with van der Waals surface area (Å²) in [6.45, 7) is 3.63. The first-order valence-electron chi connectivity index (χ1n) is 7.08. The number of nitro benzene ring substituents is 1. The van der Waals surface area contributed by atoms with Gasteiger partial charge in [-0.1, -0.05) is 26.0 Å². The largest absolute Gasteiger partial charge is 0.481 e. The molecule has 0 atom stereocenters. The molecule has 7 nitrogen and oxygen atoms in total. The molecule has 0 saturated carbocycles. The summed E-state index contributed by atoms with van der Waals surface area (Å²) in [5.41, 5.74) is -0.353. The fourth-order valence-corrected chi connectivity index (χ4v) is 2.13. The van der Waals surface area contributed by atoms with Crippen LogP contribution >= 0.6 is 0 Å². The molecule has 1 amide bonds. The summed E-state index contributed by atoms with van der Waals surface area (Å²) in [5.74, 6) is -1.23. The fraction of sp³-hybridized carbons (Fsp3) is 0.467. The van der Waals surface area contributed by atoms with Gasteiger partial charge in [-0.15, -0.1) is 0 Å². The Bertz CT molecular complexity index is 550. The van der Waals surface area contributed by atoms with Gasteiger partial charge in [0.15, 0.2) is 0 Å². The molecule has 0 unspecified atom stereocenters. The number of hydrogen-bond donors (Lipinski definition) is 2. The molecule has 1 aromatic carbocycles. The first-order chi connectivity index (χ1) is 10.3. The summed E-state index contributed by atoms with van der Waals surface area (Å²) >= 11 is 0. The van der Waals surface area contributed by atoms with Gasteiger partial charge in [-0.25, -0.2) is 0 Å². The number of hydrogen-bond acceptors (Lipinski definition) is 4. The molecule has 22 heavy (non-hydrogen) atoms. The maximum atomic E-state index is 11.9. The van der Waals surface area contributed by atoms with Gasteiger partial charge in [0.1, 0.15) is 0 Å². The average Bonchev–Trinajstić information content (AvgIpc) is 2.49. The van der Waals surface area contributed by atoms with E-state index in [1.165, 1.54) is 24.3 Å². The topological polar surface area (TPSA) is 110 Å². The van der Waals surface area contributed by atoms with Gasteiger partial charge >= 0.3 is 5.97 Å². The van der Waals surface area contributed by atoms with E-state index in [0.29, 0.717) is 18.4 Å². The lowest BCUT2D eigenvalue weighted by molar-refractivity contribution is -0.384. The number of carboxylic acid groups (broad SMARTS) is 1. The SMILES string of the molecule is CCC(CC)(CNC(=O)Cc1ccc([N+](=O)[O-])cc1)C(=O)O. The number of nitrogens with zero attached hydrogens (tertiary/aromatic N) is 1. The number of carboxylic acids is 1. The molecule has 0 aliphatic heterocycles. The average molecular weight is 308 g/mol. The Morgan fingerprint density at radius 1 is 1.23 bits per heavy atom. The van der Waals surface area contributed by atoms with Gasteiger partial charge in [0.05, 0.1) is 16.8 Å². The molecule has 0 fully saturated rings. The van der Waals surface area contributed by atoms with E-state index in [-0.39, 0.29) is 24.6 Å². The van der Waals surface area contributed by atoms with E-state index in [0.717, 1.165) is 0 Å². The van der Waals surface area contributed by atoms with E-state index in [4.69, 9.17) is 0 Å². The summed E-state index contributed by atoms with van der Waals surface area (Å²) in [4.78, 5) is 33.3. The maximum Gasteiger partial charge on any atom is 0.311 e. The quantitative estimate of drug-likeness (QED) is 0.565. The van der Waals surface area contributed by atoms with E-state index in [9.17, 15) is 24.8 Å². The molecular weight excluding hydrogens is 288 g/mol. The Hall–Kier alpha value is -2.44. The molecule has 0 aromatic heterocycles. The molecule has 1 rings (SSSR count). The first kappa shape index (κ1) is 17.6. The highest BCUT2D eigenvalue weighted by atomic mass is 16.6. The highest BCUT2D eigenvalue weighted by Gasteiger charge is 2.35. The van der Waals surface area contributed by atoms with Gasteiger partial charge in [-0.3, -0.25) is 19.7 Å². The van der Waals surface area contributed by atoms with Crippen molar-refractivity contribution in [3.05, 3.63) is 39.9 Å². The van der Waals surface area contributed by atoms with E-state index < -0.39 is 16.3 Å². The van der Waals surface area contributed by atoms with Crippen LogP contribution in [-0.4, -0.2) is 28.5 Å². The van der Waals surface area contributed by atoms with Crippen LogP contribution in [0.3, 0.4) is 0 Å². The van der Waals surface area contributed by atoms with Crippen LogP contribution < -0.4 is 5.32 Å². The second-order valence-corrected chi connectivity index (χ2v) is 5.17. The number of amides is 1. The van der Waals surface area contributed by atoms with Crippen molar-refractivity contribution in [3.8, 4) is 0 Å². The van der Waals surface area contributed by atoms with Crippen molar-refractivity contribution in [2.45, 2.75) is 33.1 Å². The number of rotatable bonds is 8. The lowest BCUT2D eigenvalue weighted by Crippen LogP contribution is -2.42. The van der Waals surface area contributed by atoms with Crippen LogP contribution in [0.25, 0.3) is 0 Å². The highest BCUT2D eigenvalue weighted by Crippen LogP contribution is 2.25. The molecular formula is C15H20N2O5. The van der Waals surface area contributed by atoms with Gasteiger partial charge in [0.25, 0.3) is 5.69 Å². The summed E-state index contributed by atoms with van der Waals surface area (Å²) in [5, 5.41) is 22.5. The number of benzene rings is 1. The van der Waals surface area contributed by atoms with E-state index in [1.54, 1.807) is 13.8 Å². The van der Waals surface area contributed by atoms with Crippen molar-refractivity contribution >= 4 is 17.6 Å². The zero-order valence-corrected chi connectivity index (χ0v) is 12.7. The normalized spacial score (nSPS) is 11.0. The predicted octanol–water partition coefficient (Wildman–Crippen LogP) is 2.14. The third kappa shape index (κ3) is 4.28. The Morgan fingerprint density at radius 3 is 2.18 bits per heavy atom. The number of non-ortho nitro benzene ring substituents is 1. The van der Waals surface area contributed by atoms with Crippen molar-refractivity contribution < 1.29 is 19.6 Å². The number of carbonyl (C=O) groups is 2. The van der Waals surface area contributed by atoms with Gasteiger partial charge in [0, 0.05) is 18.7 Å². The van der Waals surface area contributed by atoms with Gasteiger partial charge in [0.2, 0.25) is 5.91 Å². The smallest absolute Gasteiger partial charge is 0.311 e. The summed E-state index contributed by atoms with van der Waals surface area (Å²) in [7, 11) is 0. The molecule has 0 heterocycles. The molecule has 2 N–H and O–H groups in total. The monoisotopic (exact) mass is 308 g/mol. The Labute approximate surface area is 128 Å². The van der Waals surface area contributed by atoms with Crippen molar-refractivity contribution in [1.29, 1.82) is 0 Å². The minimum atomic E-state index is -0.953. The minimum absolute atomic E-state index is 0.0361. The molecule has 0 aliphatic rings. The fourth-order valence-electron chi connectivity index (χ4n) is 2.13. The molecule has 120 valence electrons. The zero-order chi connectivity index (χ0) is 16.8. The van der Waals surface area contributed by atoms with Crippen LogP contribution in [0.5, 0.6) is 0 Å². The highest BCUT2D eigenvalue weighted by molar-refractivity contribution is 5.80. The Balaban J connectivity index is 2.62. The molecule has 0 aliphatic carbocycles. The third-order valence-electron chi connectivity index (χ3n) is 3.94. The minimum Gasteiger partial charge on any atom is -0.481 e. The lowest BCUT2D eigenvalue weighted by atomic mass is 9.82. The van der Waals surface area contributed by atoms with Crippen LogP contribution in [0, 0.1) is 15.5 Å². The van der Waals surface area contributed by atoms with Crippen molar-refractivity contribution in [1.82, 2.24) is 5.32 Å². The number of nitrogens with one attached hydrogen (secondary N) is 1. The second-order valence-electron chi connectivity index (χ2n) is 5.17. The van der Waals surface area contributed by atoms with Crippen LogP contribution in [0.15, 0.2) is 24.3 Å². The Morgan fingerprint density at radius 2 is 1.77 bits per heavy atom. The van der Waals surface area contributed by atoms with Gasteiger partial charge in [-0.2, -0.15) is 0 Å². The number of nitro groups is 1. The van der Waals surface area contributed by atoms with Crippen molar-refractivity contribution in [3.63, 3.8) is 0 Å². The molecule has 1 aromatic rings. The third-order valence-corrected chi connectivity index (χ3v) is 3.94. The van der Waals surface area contributed by atoms with Crippen LogP contribution in [0.2, 0.25) is 0 Å². The van der Waals surface area contributed by atoms with E-state index in [2.05, 4.69) is 5.32 Å². The van der Waals surface area contributed by atoms with Crippen LogP contribution in [-0.2, 0) is 16.0 Å². The maximum absolute atomic E-state index is 11.9. The Kier molecular flexibility index (Phi) is 6.03. The van der Waals surface area contributed by atoms with E-state index >= 15 is 0 Å². The summed E-state index contributed by atoms with van der Waals surface area (Å²) < 4.78 is 0. The molecule has 0 spiro atoms. The van der Waals surface area contributed by atoms with Gasteiger partial charge in [-0.05, 0) is 18.4 Å². The zero-order valence-electron chi connectivity index (χ0n) is 12.7. The van der Waals surface area contributed by atoms with Gasteiger partial charge < -0.3 is 10.4 Å². The standard InChI is InChI=1S/C15H20N2O5/c1-3-15(4-2,14(19)20)10-16-13(18)9-11-5-7-12(8-6-11)17(21)22/h5-8H,3-4,9-10H2,1-2H3,(H,16,18)(H,19,20). The predicted molar refractivity (Wildman–Crippen MR) is 80.5 cm³/mol. The second kappa shape index (κ2) is 7.53. The van der Waals surface area contributed by atoms with Crippen LogP contribution in [0.1, 0.15) is 32.3 Å². The number of carbonyl (C=O) groups excluding carboxylic acids is 1. The molecule has 7 heteroatoms. The molecule has 0 radical (unpaired) electrons. The van der Waals surface area contributed by atoms with E-state index in [1.807, 2.05) is 0 Å². The van der Waals surface area contributed by atoms with Crippen molar-refractivity contribution in [2.75, 3.05) is 6.54 Å². The van der Waals surface area contributed by atoms with Crippen molar-refractivity contribution in [2.24, 2.45) is 5.41 Å². The number of aliphatic carboxylic acids is 1. The molecule has 0 saturated heterocycles. The molecule has 0 bridgehead atoms. The first-order valence-corrected chi connectivity index (χ1v) is 7.08. The van der Waals surface area contributed by atoms with Crippen LogP contribution in [0.4, 0.5) is 5.69 Å².